The molecule has 0 radical (unpaired) electrons. The van der Waals surface area contributed by atoms with Gasteiger partial charge in [-0.25, -0.2) is 9.78 Å². The zero-order valence-electron chi connectivity index (χ0n) is 11.3. The highest BCUT2D eigenvalue weighted by molar-refractivity contribution is 9.10. The van der Waals surface area contributed by atoms with Gasteiger partial charge < -0.3 is 15.4 Å². The quantitative estimate of drug-likeness (QED) is 0.766. The van der Waals surface area contributed by atoms with Crippen LogP contribution in [0, 0.1) is 6.92 Å². The highest BCUT2D eigenvalue weighted by Crippen LogP contribution is 2.17. The minimum absolute atomic E-state index is 0.147. The average Bonchev–Trinajstić information content (AvgIpc) is 2.93. The first-order valence-electron chi connectivity index (χ1n) is 6.24. The van der Waals surface area contributed by atoms with Gasteiger partial charge in [0.1, 0.15) is 6.04 Å². The molecule has 0 saturated heterocycles. The van der Waals surface area contributed by atoms with Crippen LogP contribution >= 0.6 is 15.9 Å². The Labute approximate surface area is 129 Å². The first-order valence-corrected chi connectivity index (χ1v) is 7.03. The number of aliphatic carboxylic acids is 1. The fourth-order valence-electron chi connectivity index (χ4n) is 1.79. The minimum atomic E-state index is -1.09. The lowest BCUT2D eigenvalue weighted by Gasteiger charge is -2.14. The number of nitrogens with zero attached hydrogens (tertiary/aromatic N) is 1. The van der Waals surface area contributed by atoms with Gasteiger partial charge in [-0.05, 0) is 24.6 Å². The van der Waals surface area contributed by atoms with Crippen LogP contribution in [0.4, 0.5) is 0 Å². The van der Waals surface area contributed by atoms with E-state index in [2.05, 4.69) is 31.2 Å². The van der Waals surface area contributed by atoms with Crippen molar-refractivity contribution in [2.45, 2.75) is 19.4 Å². The number of H-pyrrole nitrogens is 1. The summed E-state index contributed by atoms with van der Waals surface area (Å²) in [5.41, 5.74) is 2.05. The van der Waals surface area contributed by atoms with Gasteiger partial charge >= 0.3 is 5.97 Å². The summed E-state index contributed by atoms with van der Waals surface area (Å²) < 4.78 is 0.801. The third-order valence-electron chi connectivity index (χ3n) is 3.02. The highest BCUT2D eigenvalue weighted by atomic mass is 79.9. The average molecular weight is 352 g/mol. The van der Waals surface area contributed by atoms with Crippen molar-refractivity contribution >= 4 is 27.8 Å². The molecule has 0 bridgehead atoms. The van der Waals surface area contributed by atoms with Crippen LogP contribution in [0.15, 0.2) is 35.2 Å². The van der Waals surface area contributed by atoms with E-state index < -0.39 is 17.9 Å². The molecule has 0 unspecified atom stereocenters. The standard InChI is InChI=1S/C14H14BrN3O3/c1-8-2-3-9(4-11(8)15)13(19)18-12(14(20)21)5-10-6-16-7-17-10/h2-4,6-7,12H,5H2,1H3,(H,16,17)(H,18,19)(H,20,21)/t12-/m1/s1. The van der Waals surface area contributed by atoms with Crippen LogP contribution in [0.1, 0.15) is 21.6 Å². The highest BCUT2D eigenvalue weighted by Gasteiger charge is 2.21. The lowest BCUT2D eigenvalue weighted by atomic mass is 10.1. The number of halogens is 1. The lowest BCUT2D eigenvalue weighted by molar-refractivity contribution is -0.139. The first kappa shape index (κ1) is 15.2. The van der Waals surface area contributed by atoms with Gasteiger partial charge in [0.05, 0.1) is 6.33 Å². The third kappa shape index (κ3) is 3.91. The Morgan fingerprint density at radius 2 is 2.24 bits per heavy atom. The monoisotopic (exact) mass is 351 g/mol. The van der Waals surface area contributed by atoms with Crippen LogP contribution in [0.25, 0.3) is 0 Å². The molecular weight excluding hydrogens is 338 g/mol. The Morgan fingerprint density at radius 1 is 1.48 bits per heavy atom. The smallest absolute Gasteiger partial charge is 0.326 e. The summed E-state index contributed by atoms with van der Waals surface area (Å²) in [7, 11) is 0. The molecule has 1 amide bonds. The van der Waals surface area contributed by atoms with Gasteiger partial charge in [-0.3, -0.25) is 4.79 Å². The summed E-state index contributed by atoms with van der Waals surface area (Å²) in [5, 5.41) is 11.7. The van der Waals surface area contributed by atoms with Gasteiger partial charge in [-0.2, -0.15) is 0 Å². The predicted molar refractivity (Wildman–Crippen MR) is 80.1 cm³/mol. The number of benzene rings is 1. The number of hydrogen-bond donors (Lipinski definition) is 3. The molecule has 1 heterocycles. The number of amides is 1. The van der Waals surface area contributed by atoms with Crippen LogP contribution in [-0.2, 0) is 11.2 Å². The number of aromatic nitrogens is 2. The Balaban J connectivity index is 2.10. The van der Waals surface area contributed by atoms with Crippen LogP contribution in [-0.4, -0.2) is 33.0 Å². The zero-order valence-corrected chi connectivity index (χ0v) is 12.8. The van der Waals surface area contributed by atoms with E-state index in [0.29, 0.717) is 11.3 Å². The van der Waals surface area contributed by atoms with Gasteiger partial charge in [0.2, 0.25) is 0 Å². The van der Waals surface area contributed by atoms with Crippen molar-refractivity contribution < 1.29 is 14.7 Å². The van der Waals surface area contributed by atoms with Crippen molar-refractivity contribution in [1.82, 2.24) is 15.3 Å². The molecule has 0 aliphatic rings. The van der Waals surface area contributed by atoms with Gasteiger partial charge in [0, 0.05) is 28.3 Å². The van der Waals surface area contributed by atoms with E-state index in [9.17, 15) is 14.7 Å². The number of aromatic amines is 1. The van der Waals surface area contributed by atoms with Crippen molar-refractivity contribution in [1.29, 1.82) is 0 Å². The zero-order chi connectivity index (χ0) is 15.4. The molecule has 6 nitrogen and oxygen atoms in total. The summed E-state index contributed by atoms with van der Waals surface area (Å²) in [6.45, 7) is 1.91. The Hall–Kier alpha value is -2.15. The van der Waals surface area contributed by atoms with E-state index in [1.165, 1.54) is 12.5 Å². The summed E-state index contributed by atoms with van der Waals surface area (Å²) in [4.78, 5) is 30.0. The van der Waals surface area contributed by atoms with E-state index >= 15 is 0 Å². The molecule has 1 atom stereocenters. The fraction of sp³-hybridized carbons (Fsp3) is 0.214. The molecule has 2 aromatic rings. The molecule has 0 aliphatic heterocycles. The minimum Gasteiger partial charge on any atom is -0.480 e. The van der Waals surface area contributed by atoms with E-state index in [-0.39, 0.29) is 6.42 Å². The third-order valence-corrected chi connectivity index (χ3v) is 3.87. The number of hydrogen-bond acceptors (Lipinski definition) is 3. The molecule has 0 spiro atoms. The second kappa shape index (κ2) is 6.53. The molecule has 21 heavy (non-hydrogen) atoms. The first-order chi connectivity index (χ1) is 9.97. The number of rotatable bonds is 5. The normalized spacial score (nSPS) is 11.9. The molecule has 0 aliphatic carbocycles. The molecule has 7 heteroatoms. The predicted octanol–water partition coefficient (Wildman–Crippen LogP) is 1.91. The largest absolute Gasteiger partial charge is 0.480 e. The van der Waals surface area contributed by atoms with Gasteiger partial charge in [-0.1, -0.05) is 22.0 Å². The van der Waals surface area contributed by atoms with Crippen LogP contribution in [0.3, 0.4) is 0 Å². The fourth-order valence-corrected chi connectivity index (χ4v) is 2.17. The molecule has 0 saturated carbocycles. The molecule has 1 aromatic heterocycles. The summed E-state index contributed by atoms with van der Waals surface area (Å²) in [6.07, 6.45) is 3.14. The van der Waals surface area contributed by atoms with Crippen molar-refractivity contribution in [2.75, 3.05) is 0 Å². The van der Waals surface area contributed by atoms with Crippen molar-refractivity contribution in [3.05, 3.63) is 52.0 Å². The Bertz CT molecular complexity index is 655. The van der Waals surface area contributed by atoms with E-state index in [0.717, 1.165) is 10.0 Å². The number of carbonyl (C=O) groups is 2. The number of carbonyl (C=O) groups excluding carboxylic acids is 1. The van der Waals surface area contributed by atoms with Gasteiger partial charge in [0.15, 0.2) is 0 Å². The molecular formula is C14H14BrN3O3. The van der Waals surface area contributed by atoms with Crippen LogP contribution in [0.2, 0.25) is 0 Å². The molecule has 110 valence electrons. The number of carboxylic acid groups (broad SMARTS) is 1. The Kier molecular flexibility index (Phi) is 4.74. The number of aryl methyl sites for hydroxylation is 1. The van der Waals surface area contributed by atoms with Crippen molar-refractivity contribution in [2.24, 2.45) is 0 Å². The second-order valence-corrected chi connectivity index (χ2v) is 5.46. The van der Waals surface area contributed by atoms with Crippen LogP contribution < -0.4 is 5.32 Å². The topological polar surface area (TPSA) is 95.1 Å². The maximum Gasteiger partial charge on any atom is 0.326 e. The molecule has 0 fully saturated rings. The van der Waals surface area contributed by atoms with Crippen molar-refractivity contribution in [3.63, 3.8) is 0 Å². The van der Waals surface area contributed by atoms with E-state index in [1.54, 1.807) is 18.2 Å². The molecule has 3 N–H and O–H groups in total. The maximum absolute atomic E-state index is 12.1. The number of imidazole rings is 1. The molecule has 2 rings (SSSR count). The summed E-state index contributed by atoms with van der Waals surface area (Å²) >= 11 is 3.35. The van der Waals surface area contributed by atoms with Crippen molar-refractivity contribution in [3.8, 4) is 0 Å². The van der Waals surface area contributed by atoms with E-state index in [1.807, 2.05) is 6.92 Å². The Morgan fingerprint density at radius 3 is 2.81 bits per heavy atom. The summed E-state index contributed by atoms with van der Waals surface area (Å²) in [6, 6.07) is 4.10. The lowest BCUT2D eigenvalue weighted by Crippen LogP contribution is -2.42. The van der Waals surface area contributed by atoms with Crippen LogP contribution in [0.5, 0.6) is 0 Å². The number of carboxylic acids is 1. The molecule has 1 aromatic carbocycles. The second-order valence-electron chi connectivity index (χ2n) is 4.61. The SMILES string of the molecule is Cc1ccc(C(=O)N[C@H](Cc2cnc[nH]2)C(=O)O)cc1Br. The van der Waals surface area contributed by atoms with E-state index in [4.69, 9.17) is 0 Å². The van der Waals surface area contributed by atoms with Gasteiger partial charge in [0.25, 0.3) is 5.91 Å². The van der Waals surface area contributed by atoms with Gasteiger partial charge in [-0.15, -0.1) is 0 Å². The number of nitrogens with one attached hydrogen (secondary N) is 2. The summed E-state index contributed by atoms with van der Waals surface area (Å²) in [5.74, 6) is -1.52. The maximum atomic E-state index is 12.1.